The lowest BCUT2D eigenvalue weighted by Crippen LogP contribution is -2.80. The molecule has 1 aromatic heterocycles. The molecule has 12 aliphatic rings. The van der Waals surface area contributed by atoms with Gasteiger partial charge in [0.15, 0.2) is 11.9 Å². The van der Waals surface area contributed by atoms with E-state index in [0.29, 0.717) is 55.7 Å². The summed E-state index contributed by atoms with van der Waals surface area (Å²) in [5, 5.41) is 39.8. The monoisotopic (exact) mass is 1020 g/mol. The number of benzene rings is 1. The van der Waals surface area contributed by atoms with Crippen LogP contribution < -0.4 is 5.32 Å². The molecule has 7 heterocycles. The number of aliphatic hydroxyl groups excluding tert-OH is 3. The van der Waals surface area contributed by atoms with E-state index in [1.807, 2.05) is 26.0 Å². The van der Waals surface area contributed by atoms with Crippen LogP contribution in [0, 0.1) is 74.4 Å². The summed E-state index contributed by atoms with van der Waals surface area (Å²) in [7, 11) is 0. The number of Topliss-reactive ketones (excluding diaryl/α,β-unsaturated/α-hetero) is 1. The fourth-order valence-electron chi connectivity index (χ4n) is 21.3. The topological polar surface area (TPSA) is 181 Å². The van der Waals surface area contributed by atoms with Crippen molar-refractivity contribution in [3.05, 3.63) is 71.8 Å². The van der Waals surface area contributed by atoms with E-state index < -0.39 is 81.2 Å². The number of ether oxygens (including phenoxy) is 4. The highest BCUT2D eigenvalue weighted by atomic mass is 16.7. The molecule has 6 aliphatic carbocycles. The van der Waals surface area contributed by atoms with Gasteiger partial charge in [-0.2, -0.15) is 0 Å². The van der Waals surface area contributed by atoms with Crippen molar-refractivity contribution in [1.29, 1.82) is 0 Å². The van der Waals surface area contributed by atoms with E-state index in [1.165, 1.54) is 5.56 Å². The third-order valence-electron chi connectivity index (χ3n) is 24.0. The molecule has 13 nitrogen and oxygen atoms in total. The number of nitrogens with zero attached hydrogens (tertiary/aromatic N) is 1. The zero-order chi connectivity index (χ0) is 50.8. The zero-order valence-electron chi connectivity index (χ0n) is 43.9. The highest BCUT2D eigenvalue weighted by Gasteiger charge is 2.94. The van der Waals surface area contributed by atoms with Gasteiger partial charge in [-0.25, -0.2) is 4.79 Å². The van der Waals surface area contributed by atoms with Crippen molar-refractivity contribution in [1.82, 2.24) is 10.2 Å². The largest absolute Gasteiger partial charge is 0.469 e. The first kappa shape index (κ1) is 48.8. The molecule has 5 saturated heterocycles. The summed E-state index contributed by atoms with van der Waals surface area (Å²) in [4.78, 5) is 48.7. The minimum Gasteiger partial charge on any atom is -0.469 e. The van der Waals surface area contributed by atoms with Crippen LogP contribution >= 0.6 is 0 Å². The number of furan rings is 1. The van der Waals surface area contributed by atoms with Crippen molar-refractivity contribution in [3.63, 3.8) is 0 Å². The van der Waals surface area contributed by atoms with Crippen LogP contribution in [-0.2, 0) is 46.2 Å². The van der Waals surface area contributed by atoms with Crippen LogP contribution in [0.4, 0.5) is 0 Å². The number of allylic oxidation sites excluding steroid dienone is 1. The lowest BCUT2D eigenvalue weighted by molar-refractivity contribution is -0.286. The molecule has 4 spiro atoms. The number of esters is 2. The fraction of sp³-hybridized carbons (Fsp3) is 0.754. The van der Waals surface area contributed by atoms with Gasteiger partial charge in [0.25, 0.3) is 0 Å². The highest BCUT2D eigenvalue weighted by Crippen LogP contribution is 2.84. The number of ketones is 1. The van der Waals surface area contributed by atoms with Gasteiger partial charge in [0.1, 0.15) is 30.2 Å². The minimum atomic E-state index is -1.48. The molecule has 1 aromatic carbocycles. The van der Waals surface area contributed by atoms with Crippen molar-refractivity contribution < 1.29 is 53.1 Å². The van der Waals surface area contributed by atoms with Crippen LogP contribution in [0.2, 0.25) is 0 Å². The average Bonchev–Trinajstić information content (AvgIpc) is 4.18. The Bertz CT molecular complexity index is 2590. The third kappa shape index (κ3) is 6.40. The van der Waals surface area contributed by atoms with E-state index in [2.05, 4.69) is 53.7 Å². The number of rotatable bonds is 9. The Balaban J connectivity index is 0.881. The summed E-state index contributed by atoms with van der Waals surface area (Å²) in [6, 6.07) is 13.0. The molecule has 11 fully saturated rings. The normalized spacial score (nSPS) is 46.9. The first-order chi connectivity index (χ1) is 35.7. The van der Waals surface area contributed by atoms with E-state index in [-0.39, 0.29) is 54.1 Å². The number of carbonyl (C=O) groups excluding carboxylic acids is 3. The third-order valence-corrected chi connectivity index (χ3v) is 24.0. The van der Waals surface area contributed by atoms with Gasteiger partial charge in [-0.05, 0) is 162 Å². The average molecular weight is 1020 g/mol. The molecule has 6 aliphatic heterocycles. The Hall–Kier alpha value is -3.59. The maximum Gasteiger partial charge on any atom is 0.339 e. The van der Waals surface area contributed by atoms with Crippen molar-refractivity contribution in [3.8, 4) is 0 Å². The standard InChI is InChI=1S/C61H80N2O11/c1-55(2)48-47(66)49(67)60(39-13-9-12-36(27-39)26-35-10-5-4-6-11-35)46(59(48)33-71-54(69)58(53(59)74-55)23-22-57(32-58)19-7-8-20-57)16-21-56(3)50(72-52(68)51-61(56,60)73-51)41-18-25-70-45(41)29-42(44(65)31-64)37-14-15-40-38(28-37)17-24-63-34-62-30-43(40)63/h4-6,10-11,17-18,24-25,36-40,42-44,46,48-51,53,62,64-65,67H,7-9,12-16,19-23,26-34H2,1-3H3. The summed E-state index contributed by atoms with van der Waals surface area (Å²) in [6.45, 7) is 7.68. The molecule has 19 atom stereocenters. The lowest BCUT2D eigenvalue weighted by atomic mass is 9.32. The van der Waals surface area contributed by atoms with Gasteiger partial charge >= 0.3 is 11.9 Å². The van der Waals surface area contributed by atoms with Crippen molar-refractivity contribution in [2.45, 2.75) is 184 Å². The quantitative estimate of drug-likeness (QED) is 0.141. The number of hydrogen-bond donors (Lipinski definition) is 4. The first-order valence-electron chi connectivity index (χ1n) is 29.2. The van der Waals surface area contributed by atoms with E-state index in [1.54, 1.807) is 6.26 Å². The molecule has 6 saturated carbocycles. The maximum absolute atomic E-state index is 16.3. The van der Waals surface area contributed by atoms with Crippen LogP contribution in [0.15, 0.2) is 59.4 Å². The Labute approximate surface area is 436 Å². The Morgan fingerprint density at radius 2 is 1.72 bits per heavy atom. The number of epoxide rings is 1. The van der Waals surface area contributed by atoms with E-state index in [4.69, 9.17) is 23.4 Å². The van der Waals surface area contributed by atoms with Gasteiger partial charge in [-0.3, -0.25) is 14.9 Å². The number of carbonyl (C=O) groups is 3. The predicted molar refractivity (Wildman–Crippen MR) is 270 cm³/mol. The summed E-state index contributed by atoms with van der Waals surface area (Å²) >= 11 is 0. The molecule has 400 valence electrons. The molecule has 13 heteroatoms. The number of hydrogen-bond acceptors (Lipinski definition) is 13. The van der Waals surface area contributed by atoms with Gasteiger partial charge in [0.2, 0.25) is 0 Å². The van der Waals surface area contributed by atoms with Crippen LogP contribution in [0.1, 0.15) is 146 Å². The second-order valence-electron chi connectivity index (χ2n) is 27.3. The van der Waals surface area contributed by atoms with E-state index in [0.717, 1.165) is 102 Å². The SMILES string of the molecule is CC1(C)OC2C3(CCC4(CCCC4)C3)C(=O)OCC23C1C(=O)C(O)C1(C2CCCC(Cc4ccccc4)C2)C3CCC2(C)C(c3ccoc3CC(C(O)CO)C3CCC4C(C=CN5CNCC45)C3)OC(=O)C3OC321. The molecule has 2 aromatic rings. The van der Waals surface area contributed by atoms with Gasteiger partial charge in [-0.15, -0.1) is 0 Å². The Morgan fingerprint density at radius 3 is 2.53 bits per heavy atom. The molecule has 0 bridgehead atoms. The Kier molecular flexibility index (Phi) is 11.2. The van der Waals surface area contributed by atoms with Gasteiger partial charge in [-0.1, -0.05) is 69.0 Å². The minimum absolute atomic E-state index is 0.0323. The van der Waals surface area contributed by atoms with E-state index in [9.17, 15) is 20.1 Å². The molecule has 0 radical (unpaired) electrons. The van der Waals surface area contributed by atoms with E-state index >= 15 is 9.59 Å². The summed E-state index contributed by atoms with van der Waals surface area (Å²) < 4.78 is 34.7. The van der Waals surface area contributed by atoms with Gasteiger partial charge < -0.3 is 43.6 Å². The lowest BCUT2D eigenvalue weighted by Gasteiger charge is -2.70. The number of aliphatic hydroxyl groups is 3. The smallest absolute Gasteiger partial charge is 0.339 e. The molecular weight excluding hydrogens is 937 g/mol. The van der Waals surface area contributed by atoms with Crippen molar-refractivity contribution >= 4 is 17.7 Å². The highest BCUT2D eigenvalue weighted by molar-refractivity contribution is 5.93. The molecule has 4 N–H and O–H groups in total. The Morgan fingerprint density at radius 1 is 0.892 bits per heavy atom. The second-order valence-corrected chi connectivity index (χ2v) is 27.3. The number of nitrogens with one attached hydrogen (secondary N) is 1. The van der Waals surface area contributed by atoms with Crippen LogP contribution in [0.5, 0.6) is 0 Å². The summed E-state index contributed by atoms with van der Waals surface area (Å²) in [5.74, 6) is -0.708. The van der Waals surface area contributed by atoms with Crippen LogP contribution in [-0.4, -0.2) is 106 Å². The van der Waals surface area contributed by atoms with Gasteiger partial charge in [0, 0.05) is 40.8 Å². The molecule has 0 amide bonds. The summed E-state index contributed by atoms with van der Waals surface area (Å²) in [5.41, 5.74) is -4.41. The van der Waals surface area contributed by atoms with Crippen LogP contribution in [0.3, 0.4) is 0 Å². The molecular formula is C61H80N2O11. The number of cyclic esters (lactones) is 2. The molecule has 74 heavy (non-hydrogen) atoms. The molecule has 19 unspecified atom stereocenters. The van der Waals surface area contributed by atoms with Crippen molar-refractivity contribution in [2.24, 2.45) is 74.4 Å². The van der Waals surface area contributed by atoms with Gasteiger partial charge in [0.05, 0.1) is 48.7 Å². The zero-order valence-corrected chi connectivity index (χ0v) is 43.9. The van der Waals surface area contributed by atoms with Crippen LogP contribution in [0.25, 0.3) is 0 Å². The second kappa shape index (κ2) is 17.0. The number of fused-ring (bicyclic) bond motifs is 5. The first-order valence-corrected chi connectivity index (χ1v) is 29.2. The summed E-state index contributed by atoms with van der Waals surface area (Å²) in [6.07, 6.45) is 16.7. The maximum atomic E-state index is 16.3. The fourth-order valence-corrected chi connectivity index (χ4v) is 21.3. The van der Waals surface area contributed by atoms with Crippen molar-refractivity contribution in [2.75, 3.05) is 26.4 Å². The predicted octanol–water partition coefficient (Wildman–Crippen LogP) is 7.78. The molecule has 14 rings (SSSR count).